The highest BCUT2D eigenvalue weighted by Crippen LogP contribution is 2.34. The van der Waals surface area contributed by atoms with Crippen molar-refractivity contribution in [2.75, 3.05) is 51.2 Å². The SMILES string of the molecule is CN1CCN(CCCN2C(=O)C(Cc3ccccc3)Oc3ccccc32)CC1.Cl. The van der Waals surface area contributed by atoms with Crippen molar-refractivity contribution in [1.29, 1.82) is 0 Å². The van der Waals surface area contributed by atoms with E-state index in [0.29, 0.717) is 6.42 Å². The molecule has 1 fully saturated rings. The van der Waals surface area contributed by atoms with Crippen molar-refractivity contribution in [3.63, 3.8) is 0 Å². The molecule has 1 unspecified atom stereocenters. The number of nitrogens with zero attached hydrogens (tertiary/aromatic N) is 3. The molecular weight excluding hydrogens is 386 g/mol. The van der Waals surface area contributed by atoms with E-state index in [1.807, 2.05) is 47.4 Å². The van der Waals surface area contributed by atoms with Crippen LogP contribution in [-0.2, 0) is 11.2 Å². The van der Waals surface area contributed by atoms with Crippen molar-refractivity contribution in [3.05, 3.63) is 60.2 Å². The Morgan fingerprint density at radius 1 is 0.931 bits per heavy atom. The predicted octanol–water partition coefficient (Wildman–Crippen LogP) is 3.08. The Morgan fingerprint density at radius 3 is 2.38 bits per heavy atom. The first-order valence-corrected chi connectivity index (χ1v) is 10.2. The number of benzene rings is 2. The van der Waals surface area contributed by atoms with Crippen LogP contribution < -0.4 is 9.64 Å². The van der Waals surface area contributed by atoms with E-state index in [2.05, 4.69) is 29.0 Å². The second-order valence-corrected chi connectivity index (χ2v) is 7.75. The van der Waals surface area contributed by atoms with Crippen LogP contribution in [0.5, 0.6) is 5.75 Å². The molecule has 1 atom stereocenters. The van der Waals surface area contributed by atoms with Gasteiger partial charge < -0.3 is 19.4 Å². The number of halogens is 1. The van der Waals surface area contributed by atoms with Gasteiger partial charge in [0.1, 0.15) is 5.75 Å². The van der Waals surface area contributed by atoms with Crippen molar-refractivity contribution in [3.8, 4) is 5.75 Å². The summed E-state index contributed by atoms with van der Waals surface area (Å²) >= 11 is 0. The summed E-state index contributed by atoms with van der Waals surface area (Å²) in [5, 5.41) is 0. The standard InChI is InChI=1S/C23H29N3O2.ClH/c1-24-14-16-25(17-15-24)12-7-13-26-20-10-5-6-11-21(20)28-22(23(26)27)18-19-8-3-2-4-9-19;/h2-6,8-11,22H,7,12-18H2,1H3;1H. The molecule has 0 N–H and O–H groups in total. The Hall–Kier alpha value is -2.08. The van der Waals surface area contributed by atoms with Gasteiger partial charge >= 0.3 is 0 Å². The largest absolute Gasteiger partial charge is 0.478 e. The Kier molecular flexibility index (Phi) is 7.53. The van der Waals surface area contributed by atoms with E-state index in [4.69, 9.17) is 4.74 Å². The van der Waals surface area contributed by atoms with Crippen molar-refractivity contribution < 1.29 is 9.53 Å². The van der Waals surface area contributed by atoms with Crippen LogP contribution in [-0.4, -0.2) is 68.1 Å². The number of likely N-dealkylation sites (N-methyl/N-ethyl adjacent to an activating group) is 1. The highest BCUT2D eigenvalue weighted by Gasteiger charge is 2.34. The highest BCUT2D eigenvalue weighted by atomic mass is 35.5. The van der Waals surface area contributed by atoms with E-state index in [1.165, 1.54) is 0 Å². The molecule has 6 heteroatoms. The van der Waals surface area contributed by atoms with Gasteiger partial charge in [0.25, 0.3) is 5.91 Å². The second-order valence-electron chi connectivity index (χ2n) is 7.75. The summed E-state index contributed by atoms with van der Waals surface area (Å²) in [5.41, 5.74) is 2.02. The van der Waals surface area contributed by atoms with E-state index >= 15 is 0 Å². The van der Waals surface area contributed by atoms with Crippen LogP contribution in [0.2, 0.25) is 0 Å². The van der Waals surface area contributed by atoms with Crippen molar-refractivity contribution >= 4 is 24.0 Å². The van der Waals surface area contributed by atoms with Crippen LogP contribution in [0, 0.1) is 0 Å². The fourth-order valence-corrected chi connectivity index (χ4v) is 3.99. The van der Waals surface area contributed by atoms with Crippen molar-refractivity contribution in [2.24, 2.45) is 0 Å². The molecule has 1 saturated heterocycles. The minimum atomic E-state index is -0.457. The lowest BCUT2D eigenvalue weighted by molar-refractivity contribution is -0.126. The third-order valence-corrected chi connectivity index (χ3v) is 5.68. The molecule has 2 aromatic carbocycles. The minimum Gasteiger partial charge on any atom is -0.478 e. The molecule has 2 aromatic rings. The summed E-state index contributed by atoms with van der Waals surface area (Å²) in [7, 11) is 2.17. The lowest BCUT2D eigenvalue weighted by atomic mass is 10.0. The van der Waals surface area contributed by atoms with E-state index in [1.54, 1.807) is 0 Å². The normalized spacial score (nSPS) is 20.0. The van der Waals surface area contributed by atoms with Gasteiger partial charge in [-0.25, -0.2) is 0 Å². The summed E-state index contributed by atoms with van der Waals surface area (Å²) in [6.45, 7) is 6.24. The van der Waals surface area contributed by atoms with Gasteiger partial charge in [-0.1, -0.05) is 42.5 Å². The maximum absolute atomic E-state index is 13.2. The molecular formula is C23H30ClN3O2. The first-order chi connectivity index (χ1) is 13.7. The van der Waals surface area contributed by atoms with Gasteiger partial charge in [0.15, 0.2) is 6.10 Å². The second kappa shape index (κ2) is 10.1. The van der Waals surface area contributed by atoms with Gasteiger partial charge in [-0.15, -0.1) is 12.4 Å². The van der Waals surface area contributed by atoms with Gasteiger partial charge in [-0.2, -0.15) is 0 Å². The molecule has 0 spiro atoms. The summed E-state index contributed by atoms with van der Waals surface area (Å²) in [5.74, 6) is 0.878. The highest BCUT2D eigenvalue weighted by molar-refractivity contribution is 6.00. The summed E-state index contributed by atoms with van der Waals surface area (Å²) in [4.78, 5) is 20.0. The number of carbonyl (C=O) groups excluding carboxylic acids is 1. The molecule has 29 heavy (non-hydrogen) atoms. The average molecular weight is 416 g/mol. The Morgan fingerprint density at radius 2 is 1.62 bits per heavy atom. The predicted molar refractivity (Wildman–Crippen MR) is 119 cm³/mol. The number of rotatable bonds is 6. The molecule has 2 aliphatic heterocycles. The number of piperazine rings is 1. The number of carbonyl (C=O) groups is 1. The molecule has 5 nitrogen and oxygen atoms in total. The van der Waals surface area contributed by atoms with E-state index < -0.39 is 6.10 Å². The molecule has 1 amide bonds. The van der Waals surface area contributed by atoms with E-state index in [-0.39, 0.29) is 18.3 Å². The van der Waals surface area contributed by atoms with Crippen LogP contribution >= 0.6 is 12.4 Å². The van der Waals surface area contributed by atoms with Gasteiger partial charge in [-0.05, 0) is 37.7 Å². The Bertz CT molecular complexity index is 794. The molecule has 2 aliphatic rings. The molecule has 156 valence electrons. The molecule has 0 saturated carbocycles. The molecule has 0 aliphatic carbocycles. The topological polar surface area (TPSA) is 36.0 Å². The number of hydrogen-bond acceptors (Lipinski definition) is 4. The van der Waals surface area contributed by atoms with Crippen LogP contribution in [0.4, 0.5) is 5.69 Å². The molecule has 0 radical (unpaired) electrons. The van der Waals surface area contributed by atoms with Crippen LogP contribution in [0.1, 0.15) is 12.0 Å². The minimum absolute atomic E-state index is 0. The Labute approximate surface area is 179 Å². The lowest BCUT2D eigenvalue weighted by Crippen LogP contribution is -2.48. The number of ether oxygens (including phenoxy) is 1. The monoisotopic (exact) mass is 415 g/mol. The van der Waals surface area contributed by atoms with Crippen LogP contribution in [0.25, 0.3) is 0 Å². The van der Waals surface area contributed by atoms with Crippen molar-refractivity contribution in [2.45, 2.75) is 18.9 Å². The maximum atomic E-state index is 13.2. The average Bonchev–Trinajstić information content (AvgIpc) is 2.73. The van der Waals surface area contributed by atoms with Crippen molar-refractivity contribution in [1.82, 2.24) is 9.80 Å². The zero-order valence-electron chi connectivity index (χ0n) is 17.0. The van der Waals surface area contributed by atoms with Gasteiger partial charge in [0.2, 0.25) is 0 Å². The zero-order chi connectivity index (χ0) is 19.3. The summed E-state index contributed by atoms with van der Waals surface area (Å²) < 4.78 is 6.08. The number of anilines is 1. The smallest absolute Gasteiger partial charge is 0.268 e. The summed E-state index contributed by atoms with van der Waals surface area (Å²) in [6.07, 6.45) is 1.12. The number of hydrogen-bond donors (Lipinski definition) is 0. The first kappa shape index (κ1) is 21.6. The van der Waals surface area contributed by atoms with Gasteiger partial charge in [-0.3, -0.25) is 4.79 Å². The third-order valence-electron chi connectivity index (χ3n) is 5.68. The third kappa shape index (κ3) is 5.30. The first-order valence-electron chi connectivity index (χ1n) is 10.2. The van der Waals surface area contributed by atoms with Crippen LogP contribution in [0.3, 0.4) is 0 Å². The molecule has 0 aromatic heterocycles. The molecule has 0 bridgehead atoms. The fourth-order valence-electron chi connectivity index (χ4n) is 3.99. The molecule has 2 heterocycles. The van der Waals surface area contributed by atoms with Gasteiger partial charge in [0.05, 0.1) is 5.69 Å². The fraction of sp³-hybridized carbons (Fsp3) is 0.435. The Balaban J connectivity index is 0.00000240. The molecule has 4 rings (SSSR count). The quantitative estimate of drug-likeness (QED) is 0.726. The lowest BCUT2D eigenvalue weighted by Gasteiger charge is -2.36. The summed E-state index contributed by atoms with van der Waals surface area (Å²) in [6, 6.07) is 18.0. The number of amides is 1. The van der Waals surface area contributed by atoms with E-state index in [0.717, 1.165) is 62.7 Å². The number of para-hydroxylation sites is 2. The van der Waals surface area contributed by atoms with Gasteiger partial charge in [0, 0.05) is 39.1 Å². The number of fused-ring (bicyclic) bond motifs is 1. The maximum Gasteiger partial charge on any atom is 0.268 e. The van der Waals surface area contributed by atoms with Crippen LogP contribution in [0.15, 0.2) is 54.6 Å². The zero-order valence-corrected chi connectivity index (χ0v) is 17.8. The van der Waals surface area contributed by atoms with E-state index in [9.17, 15) is 4.79 Å².